The number of ether oxygens (including phenoxy) is 2. The summed E-state index contributed by atoms with van der Waals surface area (Å²) in [7, 11) is 1.67. The number of halogens is 1. The molecule has 0 aromatic heterocycles. The highest BCUT2D eigenvalue weighted by Crippen LogP contribution is 2.24. The lowest BCUT2D eigenvalue weighted by molar-refractivity contribution is 0.0913. The van der Waals surface area contributed by atoms with Crippen LogP contribution in [0, 0.1) is 0 Å². The molecule has 18 heavy (non-hydrogen) atoms. The van der Waals surface area contributed by atoms with Crippen molar-refractivity contribution in [3.8, 4) is 5.75 Å². The Morgan fingerprint density at radius 2 is 2.00 bits per heavy atom. The normalized spacial score (nSPS) is 12.8. The van der Waals surface area contributed by atoms with Crippen molar-refractivity contribution < 1.29 is 9.47 Å². The molecule has 0 aliphatic heterocycles. The van der Waals surface area contributed by atoms with Crippen molar-refractivity contribution in [2.45, 2.75) is 39.5 Å². The molecule has 0 heterocycles. The van der Waals surface area contributed by atoms with E-state index in [1.54, 1.807) is 7.11 Å². The molecule has 1 aromatic carbocycles. The first kappa shape index (κ1) is 15.3. The van der Waals surface area contributed by atoms with Gasteiger partial charge in [-0.05, 0) is 25.1 Å². The van der Waals surface area contributed by atoms with Gasteiger partial charge in [0.15, 0.2) is 0 Å². The first-order chi connectivity index (χ1) is 8.52. The summed E-state index contributed by atoms with van der Waals surface area (Å²) < 4.78 is 10.9. The molecule has 0 radical (unpaired) electrons. The van der Waals surface area contributed by atoms with Gasteiger partial charge < -0.3 is 14.8 Å². The number of methoxy groups -OCH3 is 1. The molecule has 0 aliphatic rings. The molecule has 1 aromatic rings. The van der Waals surface area contributed by atoms with Crippen LogP contribution < -0.4 is 10.1 Å². The van der Waals surface area contributed by atoms with Crippen LogP contribution in [0.15, 0.2) is 18.2 Å². The van der Waals surface area contributed by atoms with Crippen LogP contribution in [0.25, 0.3) is 0 Å². The van der Waals surface area contributed by atoms with Crippen molar-refractivity contribution in [3.63, 3.8) is 0 Å². The minimum atomic E-state index is 0.0222. The predicted octanol–water partition coefficient (Wildman–Crippen LogP) is 3.25. The van der Waals surface area contributed by atoms with Gasteiger partial charge in [-0.2, -0.15) is 0 Å². The Balaban J connectivity index is 2.75. The largest absolute Gasteiger partial charge is 0.488 e. The quantitative estimate of drug-likeness (QED) is 0.826. The molecule has 0 amide bonds. The van der Waals surface area contributed by atoms with Gasteiger partial charge in [-0.25, -0.2) is 0 Å². The summed E-state index contributed by atoms with van der Waals surface area (Å²) in [5, 5.41) is 4.09. The molecule has 0 saturated heterocycles. The zero-order chi connectivity index (χ0) is 13.5. The molecular weight excluding hydrogens is 250 g/mol. The summed E-state index contributed by atoms with van der Waals surface area (Å²) in [6, 6.07) is 6.11. The van der Waals surface area contributed by atoms with E-state index in [2.05, 4.69) is 19.2 Å². The van der Waals surface area contributed by atoms with E-state index in [0.29, 0.717) is 12.6 Å². The molecule has 1 rings (SSSR count). The standard InChI is InChI=1S/C14H22ClNO2/c1-10(2)16-8-12-7-13(15)5-6-14(12)18-11(3)9-17-4/h5-7,10-11,16H,8-9H2,1-4H3. The third-order valence-corrected chi connectivity index (χ3v) is 2.69. The molecule has 3 nitrogen and oxygen atoms in total. The fraction of sp³-hybridized carbons (Fsp3) is 0.571. The van der Waals surface area contributed by atoms with Gasteiger partial charge in [0.25, 0.3) is 0 Å². The highest BCUT2D eigenvalue weighted by atomic mass is 35.5. The Kier molecular flexibility index (Phi) is 6.47. The van der Waals surface area contributed by atoms with Crippen LogP contribution in [0.4, 0.5) is 0 Å². The monoisotopic (exact) mass is 271 g/mol. The number of hydrogen-bond donors (Lipinski definition) is 1. The fourth-order valence-electron chi connectivity index (χ4n) is 1.60. The summed E-state index contributed by atoms with van der Waals surface area (Å²) in [5.41, 5.74) is 1.07. The second-order valence-electron chi connectivity index (χ2n) is 4.67. The molecule has 0 fully saturated rings. The maximum absolute atomic E-state index is 6.02. The van der Waals surface area contributed by atoms with E-state index in [-0.39, 0.29) is 6.10 Å². The maximum Gasteiger partial charge on any atom is 0.124 e. The Morgan fingerprint density at radius 3 is 2.61 bits per heavy atom. The number of nitrogens with one attached hydrogen (secondary N) is 1. The first-order valence-electron chi connectivity index (χ1n) is 6.20. The number of rotatable bonds is 7. The SMILES string of the molecule is COCC(C)Oc1ccc(Cl)cc1CNC(C)C. The van der Waals surface area contributed by atoms with Gasteiger partial charge in [0.1, 0.15) is 11.9 Å². The molecule has 0 saturated carbocycles. The van der Waals surface area contributed by atoms with Gasteiger partial charge in [-0.15, -0.1) is 0 Å². The smallest absolute Gasteiger partial charge is 0.124 e. The van der Waals surface area contributed by atoms with Gasteiger partial charge in [0, 0.05) is 30.3 Å². The van der Waals surface area contributed by atoms with E-state index in [9.17, 15) is 0 Å². The molecule has 0 aliphatic carbocycles. The van der Waals surface area contributed by atoms with E-state index >= 15 is 0 Å². The molecule has 1 atom stereocenters. The summed E-state index contributed by atoms with van der Waals surface area (Å²) in [6.07, 6.45) is 0.0222. The lowest BCUT2D eigenvalue weighted by Gasteiger charge is -2.18. The lowest BCUT2D eigenvalue weighted by atomic mass is 10.2. The van der Waals surface area contributed by atoms with Crippen LogP contribution in [-0.4, -0.2) is 25.9 Å². The third-order valence-electron chi connectivity index (χ3n) is 2.45. The van der Waals surface area contributed by atoms with Gasteiger partial charge in [0.05, 0.1) is 6.61 Å². The minimum Gasteiger partial charge on any atom is -0.488 e. The lowest BCUT2D eigenvalue weighted by Crippen LogP contribution is -2.23. The maximum atomic E-state index is 6.02. The Bertz CT molecular complexity index is 369. The highest BCUT2D eigenvalue weighted by Gasteiger charge is 2.09. The van der Waals surface area contributed by atoms with Gasteiger partial charge in [-0.3, -0.25) is 0 Å². The van der Waals surface area contributed by atoms with Crippen molar-refractivity contribution in [1.82, 2.24) is 5.32 Å². The Labute approximate surface area is 114 Å². The van der Waals surface area contributed by atoms with Gasteiger partial charge in [0.2, 0.25) is 0 Å². The zero-order valence-electron chi connectivity index (χ0n) is 11.5. The van der Waals surface area contributed by atoms with E-state index in [1.807, 2.05) is 25.1 Å². The molecule has 1 N–H and O–H groups in total. The predicted molar refractivity (Wildman–Crippen MR) is 75.4 cm³/mol. The van der Waals surface area contributed by atoms with Crippen LogP contribution in [0.3, 0.4) is 0 Å². The van der Waals surface area contributed by atoms with E-state index in [1.165, 1.54) is 0 Å². The topological polar surface area (TPSA) is 30.5 Å². The van der Waals surface area contributed by atoms with Crippen LogP contribution in [-0.2, 0) is 11.3 Å². The van der Waals surface area contributed by atoms with Gasteiger partial charge in [-0.1, -0.05) is 25.4 Å². The second kappa shape index (κ2) is 7.62. The first-order valence-corrected chi connectivity index (χ1v) is 6.58. The fourth-order valence-corrected chi connectivity index (χ4v) is 1.80. The van der Waals surface area contributed by atoms with Crippen LogP contribution in [0.1, 0.15) is 26.3 Å². The molecule has 102 valence electrons. The van der Waals surface area contributed by atoms with Crippen LogP contribution in [0.5, 0.6) is 5.75 Å². The molecule has 0 spiro atoms. The zero-order valence-corrected chi connectivity index (χ0v) is 12.3. The van der Waals surface area contributed by atoms with E-state index in [0.717, 1.165) is 22.9 Å². The van der Waals surface area contributed by atoms with Crippen molar-refractivity contribution in [1.29, 1.82) is 0 Å². The van der Waals surface area contributed by atoms with Crippen molar-refractivity contribution in [2.75, 3.05) is 13.7 Å². The average molecular weight is 272 g/mol. The van der Waals surface area contributed by atoms with Crippen molar-refractivity contribution >= 4 is 11.6 Å². The average Bonchev–Trinajstić information content (AvgIpc) is 2.29. The summed E-state index contributed by atoms with van der Waals surface area (Å²) >= 11 is 6.02. The third kappa shape index (κ3) is 5.25. The summed E-state index contributed by atoms with van der Waals surface area (Å²) in [5.74, 6) is 0.858. The second-order valence-corrected chi connectivity index (χ2v) is 5.11. The van der Waals surface area contributed by atoms with Gasteiger partial charge >= 0.3 is 0 Å². The molecule has 0 bridgehead atoms. The highest BCUT2D eigenvalue weighted by molar-refractivity contribution is 6.30. The van der Waals surface area contributed by atoms with Crippen LogP contribution in [0.2, 0.25) is 5.02 Å². The Hall–Kier alpha value is -0.770. The summed E-state index contributed by atoms with van der Waals surface area (Å²) in [6.45, 7) is 7.52. The molecular formula is C14H22ClNO2. The molecule has 4 heteroatoms. The van der Waals surface area contributed by atoms with E-state index < -0.39 is 0 Å². The number of benzene rings is 1. The van der Waals surface area contributed by atoms with Crippen LogP contribution >= 0.6 is 11.6 Å². The van der Waals surface area contributed by atoms with Crippen molar-refractivity contribution in [3.05, 3.63) is 28.8 Å². The van der Waals surface area contributed by atoms with Crippen molar-refractivity contribution in [2.24, 2.45) is 0 Å². The van der Waals surface area contributed by atoms with E-state index in [4.69, 9.17) is 21.1 Å². The Morgan fingerprint density at radius 1 is 1.28 bits per heavy atom. The minimum absolute atomic E-state index is 0.0222. The summed E-state index contributed by atoms with van der Waals surface area (Å²) in [4.78, 5) is 0. The molecule has 1 unspecified atom stereocenters. The number of hydrogen-bond acceptors (Lipinski definition) is 3.